The number of hydrogen-bond acceptors (Lipinski definition) is 4. The number of halogens is 2. The number of nitrogens with zero attached hydrogens (tertiary/aromatic N) is 3. The van der Waals surface area contributed by atoms with Crippen molar-refractivity contribution in [3.8, 4) is 0 Å². The minimum Gasteiger partial charge on any atom is -0.379 e. The number of aliphatic hydroxyl groups is 2. The Labute approximate surface area is 374 Å². The molecule has 0 saturated carbocycles. The van der Waals surface area contributed by atoms with Gasteiger partial charge in [-0.3, -0.25) is 0 Å². The zero-order chi connectivity index (χ0) is 42.8. The first-order valence-electron chi connectivity index (χ1n) is 20.5. The second kappa shape index (κ2) is 17.4. The van der Waals surface area contributed by atoms with Crippen molar-refractivity contribution in [1.82, 2.24) is 19.5 Å². The van der Waals surface area contributed by atoms with Gasteiger partial charge in [-0.1, -0.05) is 187 Å². The number of benzene rings is 7. The largest absolute Gasteiger partial charge is 0.379 e. The maximum Gasteiger partial charge on any atom is 0.135 e. The summed E-state index contributed by atoms with van der Waals surface area (Å²) in [5.74, 6) is -0.103. The van der Waals surface area contributed by atoms with Gasteiger partial charge in [0.15, 0.2) is 0 Å². The molecular weight excluding hydrogens is 884 g/mol. The molecule has 61 heavy (non-hydrogen) atoms. The quantitative estimate of drug-likeness (QED) is 0.119. The van der Waals surface area contributed by atoms with E-state index < -0.39 is 16.7 Å². The maximum absolute atomic E-state index is 12.5. The first kappa shape index (κ1) is 42.1. The maximum atomic E-state index is 12.5. The van der Waals surface area contributed by atoms with Crippen LogP contribution in [0.15, 0.2) is 198 Å². The Bertz CT molecular complexity index is 2780. The number of aromatic amines is 1. The lowest BCUT2D eigenvalue weighted by Gasteiger charge is -2.37. The topological polar surface area (TPSA) is 87.0 Å². The molecule has 2 heterocycles. The molecule has 9 rings (SSSR count). The Balaban J connectivity index is 0.000000205. The van der Waals surface area contributed by atoms with Crippen molar-refractivity contribution >= 4 is 53.4 Å². The Hall–Kier alpha value is -5.64. The molecule has 3 N–H and O–H groups in total. The summed E-state index contributed by atoms with van der Waals surface area (Å²) < 4.78 is 4.24. The zero-order valence-corrected chi connectivity index (χ0v) is 37.7. The third-order valence-corrected chi connectivity index (χ3v) is 13.0. The van der Waals surface area contributed by atoms with Crippen LogP contribution in [0.25, 0.3) is 21.5 Å². The molecule has 306 valence electrons. The van der Waals surface area contributed by atoms with Crippen molar-refractivity contribution in [2.24, 2.45) is 11.8 Å². The molecular formula is C53H48Br2N4O2. The van der Waals surface area contributed by atoms with Crippen LogP contribution in [0.2, 0.25) is 0 Å². The third-order valence-electron chi connectivity index (χ3n) is 12.0. The lowest BCUT2D eigenvalue weighted by Crippen LogP contribution is -2.37. The van der Waals surface area contributed by atoms with Gasteiger partial charge in [-0.25, -0.2) is 9.97 Å². The van der Waals surface area contributed by atoms with Crippen LogP contribution in [0.4, 0.5) is 0 Å². The number of aromatic nitrogens is 4. The summed E-state index contributed by atoms with van der Waals surface area (Å²) in [5, 5.41) is 28.1. The van der Waals surface area contributed by atoms with E-state index >= 15 is 0 Å². The first-order chi connectivity index (χ1) is 29.4. The smallest absolute Gasteiger partial charge is 0.135 e. The fourth-order valence-corrected chi connectivity index (χ4v) is 9.39. The van der Waals surface area contributed by atoms with Gasteiger partial charge in [-0.05, 0) is 97.6 Å². The third kappa shape index (κ3) is 7.78. The van der Waals surface area contributed by atoms with Crippen LogP contribution in [0.3, 0.4) is 0 Å². The van der Waals surface area contributed by atoms with E-state index in [1.807, 2.05) is 94.8 Å². The first-order valence-corrected chi connectivity index (χ1v) is 22.1. The van der Waals surface area contributed by atoms with Gasteiger partial charge in [0, 0.05) is 15.1 Å². The lowest BCUT2D eigenvalue weighted by molar-refractivity contribution is 0.0278. The molecule has 2 aromatic heterocycles. The van der Waals surface area contributed by atoms with E-state index in [1.165, 1.54) is 0 Å². The van der Waals surface area contributed by atoms with Gasteiger partial charge in [-0.15, -0.1) is 0 Å². The standard InChI is InChI=1S/C36H31BrN2O.C17H17BrN2O/c1-26(2)36(40,32-20-18-28-23-33(37)21-19-27(28)22-32)34-24-39(25-38-34)35(29-12-6-3-7-13-29,30-14-8-4-9-15-30)31-16-10-5-11-17-31;1-11(2)17(21,16-9-19-10-20-16)14-5-3-13-8-15(18)6-4-12(13)7-14/h3-26,40H,1-2H3;3-11,21H,1-2H3,(H,19,20). The van der Waals surface area contributed by atoms with Gasteiger partial charge < -0.3 is 19.8 Å². The van der Waals surface area contributed by atoms with Crippen molar-refractivity contribution in [2.75, 3.05) is 0 Å². The van der Waals surface area contributed by atoms with Crippen LogP contribution in [0.5, 0.6) is 0 Å². The average molecular weight is 933 g/mol. The fraction of sp³-hybridized carbons (Fsp3) is 0.170. The Morgan fingerprint density at radius 2 is 0.951 bits per heavy atom. The summed E-state index contributed by atoms with van der Waals surface area (Å²) in [6, 6.07) is 56.1. The monoisotopic (exact) mass is 930 g/mol. The molecule has 0 saturated heterocycles. The Morgan fingerprint density at radius 1 is 0.525 bits per heavy atom. The predicted molar refractivity (Wildman–Crippen MR) is 254 cm³/mol. The lowest BCUT2D eigenvalue weighted by atomic mass is 9.76. The average Bonchev–Trinajstić information content (AvgIpc) is 4.02. The van der Waals surface area contributed by atoms with E-state index in [0.717, 1.165) is 58.3 Å². The highest BCUT2D eigenvalue weighted by atomic mass is 79.9. The zero-order valence-electron chi connectivity index (χ0n) is 34.5. The Kier molecular flexibility index (Phi) is 12.0. The van der Waals surface area contributed by atoms with Gasteiger partial charge in [0.2, 0.25) is 0 Å². The van der Waals surface area contributed by atoms with Crippen molar-refractivity contribution in [3.05, 3.63) is 237 Å². The second-order valence-electron chi connectivity index (χ2n) is 16.2. The molecule has 0 amide bonds. The summed E-state index contributed by atoms with van der Waals surface area (Å²) >= 11 is 7.05. The molecule has 0 radical (unpaired) electrons. The SMILES string of the molecule is CC(C)C(O)(c1ccc2cc(Br)ccc2c1)c1cn(C(c2ccccc2)(c2ccccc2)c2ccccc2)cn1.CC(C)C(O)(c1ccc2cc(Br)ccc2c1)c1cnc[nH]1. The molecule has 6 nitrogen and oxygen atoms in total. The molecule has 2 atom stereocenters. The molecule has 0 aliphatic rings. The highest BCUT2D eigenvalue weighted by Crippen LogP contribution is 2.44. The van der Waals surface area contributed by atoms with E-state index in [1.54, 1.807) is 12.5 Å². The number of imidazole rings is 2. The second-order valence-corrected chi connectivity index (χ2v) is 18.0. The van der Waals surface area contributed by atoms with Crippen molar-refractivity contribution < 1.29 is 10.2 Å². The molecule has 0 aliphatic heterocycles. The minimum atomic E-state index is -1.29. The van der Waals surface area contributed by atoms with Gasteiger partial charge >= 0.3 is 0 Å². The van der Waals surface area contributed by atoms with E-state index in [-0.39, 0.29) is 11.8 Å². The molecule has 2 unspecified atom stereocenters. The normalized spacial score (nSPS) is 13.8. The number of rotatable bonds is 10. The molecule has 0 spiro atoms. The number of fused-ring (bicyclic) bond motifs is 2. The molecule has 9 aromatic rings. The highest BCUT2D eigenvalue weighted by molar-refractivity contribution is 9.10. The van der Waals surface area contributed by atoms with Crippen LogP contribution in [0.1, 0.15) is 66.9 Å². The van der Waals surface area contributed by atoms with E-state index in [2.05, 4.69) is 156 Å². The van der Waals surface area contributed by atoms with Crippen molar-refractivity contribution in [3.63, 3.8) is 0 Å². The van der Waals surface area contributed by atoms with Gasteiger partial charge in [0.25, 0.3) is 0 Å². The van der Waals surface area contributed by atoms with Crippen molar-refractivity contribution in [2.45, 2.75) is 44.4 Å². The van der Waals surface area contributed by atoms with Crippen LogP contribution in [-0.2, 0) is 16.7 Å². The molecule has 0 aliphatic carbocycles. The predicted octanol–water partition coefficient (Wildman–Crippen LogP) is 12.7. The van der Waals surface area contributed by atoms with Crippen LogP contribution >= 0.6 is 31.9 Å². The van der Waals surface area contributed by atoms with E-state index in [4.69, 9.17) is 4.98 Å². The number of H-pyrrole nitrogens is 1. The van der Waals surface area contributed by atoms with Crippen molar-refractivity contribution in [1.29, 1.82) is 0 Å². The molecule has 8 heteroatoms. The van der Waals surface area contributed by atoms with E-state index in [0.29, 0.717) is 11.4 Å². The van der Waals surface area contributed by atoms with Gasteiger partial charge in [0.05, 0.1) is 30.2 Å². The number of nitrogens with one attached hydrogen (secondary N) is 1. The summed E-state index contributed by atoms with van der Waals surface area (Å²) in [7, 11) is 0. The summed E-state index contributed by atoms with van der Waals surface area (Å²) in [5.41, 5.74) is 3.31. The van der Waals surface area contributed by atoms with E-state index in [9.17, 15) is 10.2 Å². The Morgan fingerprint density at radius 3 is 1.38 bits per heavy atom. The fourth-order valence-electron chi connectivity index (χ4n) is 8.64. The molecule has 7 aromatic carbocycles. The van der Waals surface area contributed by atoms with Gasteiger partial charge in [-0.2, -0.15) is 0 Å². The molecule has 0 bridgehead atoms. The number of hydrogen-bond donors (Lipinski definition) is 3. The van der Waals surface area contributed by atoms with Crippen LogP contribution in [0, 0.1) is 11.8 Å². The van der Waals surface area contributed by atoms with Crippen LogP contribution in [-0.4, -0.2) is 29.7 Å². The molecule has 0 fully saturated rings. The summed E-state index contributed by atoms with van der Waals surface area (Å²) in [6.07, 6.45) is 7.18. The minimum absolute atomic E-state index is 0.0193. The van der Waals surface area contributed by atoms with Crippen LogP contribution < -0.4 is 0 Å². The van der Waals surface area contributed by atoms with Gasteiger partial charge in [0.1, 0.15) is 16.7 Å². The summed E-state index contributed by atoms with van der Waals surface area (Å²) in [4.78, 5) is 12.0. The summed E-state index contributed by atoms with van der Waals surface area (Å²) in [6.45, 7) is 8.10. The highest BCUT2D eigenvalue weighted by Gasteiger charge is 2.42.